The van der Waals surface area contributed by atoms with Crippen LogP contribution < -0.4 is 10.5 Å². The first-order chi connectivity index (χ1) is 7.36. The van der Waals surface area contributed by atoms with E-state index < -0.39 is 11.7 Å². The first kappa shape index (κ1) is 12.8. The van der Waals surface area contributed by atoms with E-state index in [1.165, 1.54) is 12.1 Å². The molecule has 0 fully saturated rings. The Hall–Kier alpha value is -1.30. The lowest BCUT2D eigenvalue weighted by Crippen LogP contribution is -2.14. The van der Waals surface area contributed by atoms with Crippen molar-refractivity contribution in [3.63, 3.8) is 0 Å². The summed E-state index contributed by atoms with van der Waals surface area (Å²) in [6.45, 7) is 1.77. The number of rotatable bonds is 3. The van der Waals surface area contributed by atoms with Gasteiger partial charge in [-0.3, -0.25) is 0 Å². The van der Waals surface area contributed by atoms with Gasteiger partial charge in [-0.05, 0) is 25.1 Å². The number of benzene rings is 1. The molecule has 0 radical (unpaired) electrons. The second-order valence-electron chi connectivity index (χ2n) is 3.01. The highest BCUT2D eigenvalue weighted by Gasteiger charge is 2.34. The summed E-state index contributed by atoms with van der Waals surface area (Å²) < 4.78 is 42.8. The summed E-state index contributed by atoms with van der Waals surface area (Å²) in [6, 6.07) is 3.52. The summed E-state index contributed by atoms with van der Waals surface area (Å²) >= 11 is 4.62. The Bertz CT molecular complexity index is 404. The standard InChI is InChI=1S/C10H10F3NOS/c1-2-15-8-4-3-6(9(14)16)5-7(8)10(11,12)13/h3-5H,2H2,1H3,(H2,14,16). The zero-order valence-corrected chi connectivity index (χ0v) is 9.28. The fourth-order valence-corrected chi connectivity index (χ4v) is 1.31. The quantitative estimate of drug-likeness (QED) is 0.836. The van der Waals surface area contributed by atoms with Gasteiger partial charge in [0.2, 0.25) is 0 Å². The lowest BCUT2D eigenvalue weighted by molar-refractivity contribution is -0.138. The summed E-state index contributed by atoms with van der Waals surface area (Å²) in [6.07, 6.45) is -4.48. The number of ether oxygens (including phenoxy) is 1. The van der Waals surface area contributed by atoms with Gasteiger partial charge in [-0.1, -0.05) is 12.2 Å². The van der Waals surface area contributed by atoms with Crippen molar-refractivity contribution in [2.24, 2.45) is 5.73 Å². The number of alkyl halides is 3. The third-order valence-electron chi connectivity index (χ3n) is 1.87. The minimum atomic E-state index is -4.48. The van der Waals surface area contributed by atoms with Gasteiger partial charge in [0.1, 0.15) is 10.7 Å². The van der Waals surface area contributed by atoms with Crippen LogP contribution in [0, 0.1) is 0 Å². The molecule has 0 heterocycles. The number of nitrogens with two attached hydrogens (primary N) is 1. The van der Waals surface area contributed by atoms with Crippen molar-refractivity contribution in [1.82, 2.24) is 0 Å². The van der Waals surface area contributed by atoms with E-state index in [9.17, 15) is 13.2 Å². The van der Waals surface area contributed by atoms with E-state index in [-0.39, 0.29) is 22.9 Å². The van der Waals surface area contributed by atoms with E-state index in [0.29, 0.717) is 0 Å². The molecule has 1 aromatic carbocycles. The lowest BCUT2D eigenvalue weighted by Gasteiger charge is -2.14. The summed E-state index contributed by atoms with van der Waals surface area (Å²) in [5, 5.41) is 0. The van der Waals surface area contributed by atoms with E-state index >= 15 is 0 Å². The molecule has 0 aliphatic rings. The SMILES string of the molecule is CCOc1ccc(C(N)=S)cc1C(F)(F)F. The van der Waals surface area contributed by atoms with Crippen LogP contribution in [0.25, 0.3) is 0 Å². The average molecular weight is 249 g/mol. The van der Waals surface area contributed by atoms with Crippen molar-refractivity contribution < 1.29 is 17.9 Å². The molecule has 0 bridgehead atoms. The second-order valence-corrected chi connectivity index (χ2v) is 3.45. The number of halogens is 3. The summed E-state index contributed by atoms with van der Waals surface area (Å²) in [5.74, 6) is -0.213. The highest BCUT2D eigenvalue weighted by molar-refractivity contribution is 7.80. The van der Waals surface area contributed by atoms with Crippen molar-refractivity contribution in [2.75, 3.05) is 6.61 Å². The molecule has 1 aromatic rings. The van der Waals surface area contributed by atoms with Crippen LogP contribution in [0.15, 0.2) is 18.2 Å². The smallest absolute Gasteiger partial charge is 0.419 e. The Morgan fingerprint density at radius 3 is 2.50 bits per heavy atom. The highest BCUT2D eigenvalue weighted by atomic mass is 32.1. The van der Waals surface area contributed by atoms with E-state index in [2.05, 4.69) is 12.2 Å². The maximum absolute atomic E-state index is 12.7. The molecule has 2 N–H and O–H groups in total. The molecule has 2 nitrogen and oxygen atoms in total. The van der Waals surface area contributed by atoms with Crippen LogP contribution in [0.3, 0.4) is 0 Å². The van der Waals surface area contributed by atoms with Crippen molar-refractivity contribution in [3.8, 4) is 5.75 Å². The third-order valence-corrected chi connectivity index (χ3v) is 2.11. The molecule has 0 spiro atoms. The van der Waals surface area contributed by atoms with Crippen LogP contribution in [0.4, 0.5) is 13.2 Å². The molecular formula is C10H10F3NOS. The van der Waals surface area contributed by atoms with Gasteiger partial charge in [0.15, 0.2) is 0 Å². The Morgan fingerprint density at radius 1 is 1.44 bits per heavy atom. The topological polar surface area (TPSA) is 35.2 Å². The maximum atomic E-state index is 12.7. The molecule has 0 atom stereocenters. The van der Waals surface area contributed by atoms with Gasteiger partial charge in [0.25, 0.3) is 0 Å². The molecule has 0 amide bonds. The Kier molecular flexibility index (Phi) is 3.74. The summed E-state index contributed by atoms with van der Waals surface area (Å²) in [7, 11) is 0. The molecule has 0 unspecified atom stereocenters. The molecule has 16 heavy (non-hydrogen) atoms. The molecule has 0 saturated carbocycles. The van der Waals surface area contributed by atoms with Crippen molar-refractivity contribution in [2.45, 2.75) is 13.1 Å². The first-order valence-electron chi connectivity index (χ1n) is 4.50. The van der Waals surface area contributed by atoms with Gasteiger partial charge >= 0.3 is 6.18 Å². The van der Waals surface area contributed by atoms with Crippen LogP contribution in [-0.2, 0) is 6.18 Å². The van der Waals surface area contributed by atoms with E-state index in [4.69, 9.17) is 10.5 Å². The molecule has 88 valence electrons. The van der Waals surface area contributed by atoms with Crippen LogP contribution in [-0.4, -0.2) is 11.6 Å². The Labute approximate surface area is 96.2 Å². The normalized spacial score (nSPS) is 11.2. The van der Waals surface area contributed by atoms with Crippen LogP contribution in [0.1, 0.15) is 18.1 Å². The average Bonchev–Trinajstić information content (AvgIpc) is 2.16. The Morgan fingerprint density at radius 2 is 2.06 bits per heavy atom. The van der Waals surface area contributed by atoms with Crippen molar-refractivity contribution in [1.29, 1.82) is 0 Å². The maximum Gasteiger partial charge on any atom is 0.419 e. The second kappa shape index (κ2) is 4.69. The van der Waals surface area contributed by atoms with Gasteiger partial charge < -0.3 is 10.5 Å². The van der Waals surface area contributed by atoms with Gasteiger partial charge in [0, 0.05) is 5.56 Å². The van der Waals surface area contributed by atoms with E-state index in [1.54, 1.807) is 6.92 Å². The Balaban J connectivity index is 3.27. The van der Waals surface area contributed by atoms with Gasteiger partial charge in [-0.25, -0.2) is 0 Å². The fraction of sp³-hybridized carbons (Fsp3) is 0.300. The summed E-state index contributed by atoms with van der Waals surface area (Å²) in [4.78, 5) is -0.0754. The number of thiocarbonyl (C=S) groups is 1. The van der Waals surface area contributed by atoms with Crippen molar-refractivity contribution >= 4 is 17.2 Å². The minimum absolute atomic E-state index is 0.0754. The van der Waals surface area contributed by atoms with E-state index in [0.717, 1.165) is 6.07 Å². The molecule has 0 aromatic heterocycles. The number of hydrogen-bond donors (Lipinski definition) is 1. The predicted octanol–water partition coefficient (Wildman–Crippen LogP) is 2.74. The van der Waals surface area contributed by atoms with Gasteiger partial charge in [-0.15, -0.1) is 0 Å². The monoisotopic (exact) mass is 249 g/mol. The van der Waals surface area contributed by atoms with E-state index in [1.807, 2.05) is 0 Å². The van der Waals surface area contributed by atoms with Crippen LogP contribution in [0.2, 0.25) is 0 Å². The third kappa shape index (κ3) is 2.85. The largest absolute Gasteiger partial charge is 0.493 e. The lowest BCUT2D eigenvalue weighted by atomic mass is 10.1. The molecule has 1 rings (SSSR count). The van der Waals surface area contributed by atoms with Gasteiger partial charge in [-0.2, -0.15) is 13.2 Å². The zero-order valence-electron chi connectivity index (χ0n) is 8.47. The predicted molar refractivity (Wildman–Crippen MR) is 58.5 cm³/mol. The zero-order chi connectivity index (χ0) is 12.3. The first-order valence-corrected chi connectivity index (χ1v) is 4.91. The highest BCUT2D eigenvalue weighted by Crippen LogP contribution is 2.36. The van der Waals surface area contributed by atoms with Crippen LogP contribution in [0.5, 0.6) is 5.75 Å². The van der Waals surface area contributed by atoms with Crippen LogP contribution >= 0.6 is 12.2 Å². The molecule has 0 saturated heterocycles. The molecule has 0 aliphatic carbocycles. The molecule has 0 aliphatic heterocycles. The summed E-state index contributed by atoms with van der Waals surface area (Å²) in [5.41, 5.74) is 4.58. The molecule has 6 heteroatoms. The molecular weight excluding hydrogens is 239 g/mol. The van der Waals surface area contributed by atoms with Gasteiger partial charge in [0.05, 0.1) is 12.2 Å². The minimum Gasteiger partial charge on any atom is -0.493 e. The number of hydrogen-bond acceptors (Lipinski definition) is 2. The fourth-order valence-electron chi connectivity index (χ4n) is 1.19. The van der Waals surface area contributed by atoms with Crippen molar-refractivity contribution in [3.05, 3.63) is 29.3 Å².